The van der Waals surface area contributed by atoms with Crippen molar-refractivity contribution in [1.82, 2.24) is 4.90 Å². The Hall–Kier alpha value is -2.70. The Labute approximate surface area is 182 Å². The standard InChI is InChI=1S/C24H30N2O5/c1-4-14-5-9-17(10-6-14)25-18(27)12-31-24(30)21(13(2)3)26-22(28)19-15-7-8-16(11-15)20(19)23(26)29/h5-6,9-10,13,15-16,19-21H,4,7-8,11-12H2,1-3H3,(H,25,27)/t15-,16-,19-,20-,21+/m0/s1. The number of imide groups is 1. The first-order valence-corrected chi connectivity index (χ1v) is 11.2. The molecule has 1 N–H and O–H groups in total. The van der Waals surface area contributed by atoms with Gasteiger partial charge in [0.05, 0.1) is 11.8 Å². The first-order chi connectivity index (χ1) is 14.8. The van der Waals surface area contributed by atoms with Crippen LogP contribution in [0.25, 0.3) is 0 Å². The molecule has 3 aliphatic rings. The number of ether oxygens (including phenoxy) is 1. The molecule has 1 aliphatic heterocycles. The van der Waals surface area contributed by atoms with Crippen molar-refractivity contribution in [2.45, 2.75) is 52.5 Å². The molecule has 0 radical (unpaired) electrons. The molecule has 7 heteroatoms. The van der Waals surface area contributed by atoms with Gasteiger partial charge in [-0.15, -0.1) is 0 Å². The molecule has 0 unspecified atom stereocenters. The Morgan fingerprint density at radius 1 is 1.06 bits per heavy atom. The molecular formula is C24H30N2O5. The molecule has 5 atom stereocenters. The number of esters is 1. The molecule has 1 aromatic carbocycles. The molecule has 2 aliphatic carbocycles. The molecule has 1 heterocycles. The summed E-state index contributed by atoms with van der Waals surface area (Å²) in [5.41, 5.74) is 1.77. The second-order valence-corrected chi connectivity index (χ2v) is 9.33. The smallest absolute Gasteiger partial charge is 0.330 e. The van der Waals surface area contributed by atoms with E-state index in [0.29, 0.717) is 5.69 Å². The Kier molecular flexibility index (Phi) is 5.86. The van der Waals surface area contributed by atoms with Crippen LogP contribution in [0.15, 0.2) is 24.3 Å². The van der Waals surface area contributed by atoms with Crippen molar-refractivity contribution in [1.29, 1.82) is 0 Å². The van der Waals surface area contributed by atoms with E-state index in [4.69, 9.17) is 4.74 Å². The highest BCUT2D eigenvalue weighted by Crippen LogP contribution is 2.56. The van der Waals surface area contributed by atoms with Crippen LogP contribution in [0.5, 0.6) is 0 Å². The second-order valence-electron chi connectivity index (χ2n) is 9.33. The maximum absolute atomic E-state index is 13.1. The van der Waals surface area contributed by atoms with Crippen molar-refractivity contribution in [2.75, 3.05) is 11.9 Å². The molecule has 3 amide bonds. The fraction of sp³-hybridized carbons (Fsp3) is 0.583. The topological polar surface area (TPSA) is 92.8 Å². The van der Waals surface area contributed by atoms with Gasteiger partial charge >= 0.3 is 5.97 Å². The Morgan fingerprint density at radius 2 is 1.65 bits per heavy atom. The lowest BCUT2D eigenvalue weighted by Crippen LogP contribution is -2.50. The minimum absolute atomic E-state index is 0.238. The molecule has 2 bridgehead atoms. The predicted octanol–water partition coefficient (Wildman–Crippen LogP) is 2.79. The summed E-state index contributed by atoms with van der Waals surface area (Å²) < 4.78 is 5.25. The summed E-state index contributed by atoms with van der Waals surface area (Å²) in [7, 11) is 0. The van der Waals surface area contributed by atoms with Gasteiger partial charge < -0.3 is 10.1 Å². The van der Waals surface area contributed by atoms with Gasteiger partial charge in [-0.25, -0.2) is 4.79 Å². The van der Waals surface area contributed by atoms with Crippen LogP contribution in [-0.4, -0.2) is 41.2 Å². The fourth-order valence-corrected chi connectivity index (χ4v) is 5.62. The van der Waals surface area contributed by atoms with Gasteiger partial charge in [0.1, 0.15) is 6.04 Å². The van der Waals surface area contributed by atoms with Crippen LogP contribution < -0.4 is 5.32 Å². The third-order valence-electron chi connectivity index (χ3n) is 7.10. The molecule has 3 fully saturated rings. The van der Waals surface area contributed by atoms with Crippen molar-refractivity contribution in [3.63, 3.8) is 0 Å². The number of anilines is 1. The lowest BCUT2D eigenvalue weighted by atomic mass is 9.81. The molecule has 1 saturated heterocycles. The van der Waals surface area contributed by atoms with E-state index in [9.17, 15) is 19.2 Å². The summed E-state index contributed by atoms with van der Waals surface area (Å²) in [5.74, 6) is -2.01. The lowest BCUT2D eigenvalue weighted by molar-refractivity contribution is -0.162. The van der Waals surface area contributed by atoms with Gasteiger partial charge in [0.2, 0.25) is 11.8 Å². The summed E-state index contributed by atoms with van der Waals surface area (Å²) in [4.78, 5) is 52.4. The van der Waals surface area contributed by atoms with E-state index in [1.807, 2.05) is 19.1 Å². The monoisotopic (exact) mass is 426 g/mol. The average Bonchev–Trinajstić information content (AvgIpc) is 3.42. The number of benzene rings is 1. The third kappa shape index (κ3) is 3.86. The zero-order valence-corrected chi connectivity index (χ0v) is 18.3. The third-order valence-corrected chi connectivity index (χ3v) is 7.10. The van der Waals surface area contributed by atoms with Crippen molar-refractivity contribution < 1.29 is 23.9 Å². The average molecular weight is 427 g/mol. The number of hydrogen-bond donors (Lipinski definition) is 1. The molecule has 4 rings (SSSR count). The largest absolute Gasteiger partial charge is 0.454 e. The molecule has 31 heavy (non-hydrogen) atoms. The van der Waals surface area contributed by atoms with Gasteiger partial charge in [0.15, 0.2) is 6.61 Å². The fourth-order valence-electron chi connectivity index (χ4n) is 5.62. The molecule has 7 nitrogen and oxygen atoms in total. The minimum atomic E-state index is -0.998. The SMILES string of the molecule is CCc1ccc(NC(=O)COC(=O)[C@@H](C(C)C)N2C(=O)[C@H]3[C@H]4CC[C@@H](C4)[C@@H]3C2=O)cc1. The van der Waals surface area contributed by atoms with Gasteiger partial charge in [-0.05, 0) is 61.1 Å². The Balaban J connectivity index is 1.39. The van der Waals surface area contributed by atoms with Crippen LogP contribution in [0.1, 0.15) is 45.6 Å². The van der Waals surface area contributed by atoms with E-state index in [-0.39, 0.29) is 41.4 Å². The van der Waals surface area contributed by atoms with Gasteiger partial charge in [0.25, 0.3) is 5.91 Å². The molecule has 1 aromatic rings. The van der Waals surface area contributed by atoms with E-state index in [2.05, 4.69) is 5.32 Å². The minimum Gasteiger partial charge on any atom is -0.454 e. The number of aryl methyl sites for hydroxylation is 1. The molecule has 0 aromatic heterocycles. The quantitative estimate of drug-likeness (QED) is 0.535. The number of rotatable bonds is 7. The highest BCUT2D eigenvalue weighted by atomic mass is 16.5. The number of likely N-dealkylation sites (tertiary alicyclic amines) is 1. The van der Waals surface area contributed by atoms with Gasteiger partial charge in [-0.1, -0.05) is 32.9 Å². The molecule has 0 spiro atoms. The van der Waals surface area contributed by atoms with Crippen molar-refractivity contribution in [3.8, 4) is 0 Å². The van der Waals surface area contributed by atoms with Crippen LogP contribution in [-0.2, 0) is 30.3 Å². The number of hydrogen-bond acceptors (Lipinski definition) is 5. The van der Waals surface area contributed by atoms with Gasteiger partial charge in [-0.2, -0.15) is 0 Å². The van der Waals surface area contributed by atoms with E-state index in [0.717, 1.165) is 36.1 Å². The van der Waals surface area contributed by atoms with Crippen LogP contribution in [0.2, 0.25) is 0 Å². The zero-order valence-electron chi connectivity index (χ0n) is 18.3. The number of fused-ring (bicyclic) bond motifs is 5. The lowest BCUT2D eigenvalue weighted by Gasteiger charge is -2.28. The number of amides is 3. The number of carbonyl (C=O) groups is 4. The van der Waals surface area contributed by atoms with E-state index in [1.54, 1.807) is 26.0 Å². The summed E-state index contributed by atoms with van der Waals surface area (Å²) in [6.07, 6.45) is 3.81. The van der Waals surface area contributed by atoms with Crippen LogP contribution in [0.4, 0.5) is 5.69 Å². The highest BCUT2D eigenvalue weighted by molar-refractivity contribution is 6.08. The van der Waals surface area contributed by atoms with Gasteiger partial charge in [0, 0.05) is 5.69 Å². The van der Waals surface area contributed by atoms with Crippen molar-refractivity contribution in [2.24, 2.45) is 29.6 Å². The summed E-state index contributed by atoms with van der Waals surface area (Å²) in [6.45, 7) is 5.15. The first kappa shape index (κ1) is 21.5. The van der Waals surface area contributed by atoms with Gasteiger partial charge in [-0.3, -0.25) is 19.3 Å². The normalized spacial score (nSPS) is 27.5. The molecule has 166 valence electrons. The number of carbonyl (C=O) groups excluding carboxylic acids is 4. The Bertz CT molecular complexity index is 866. The van der Waals surface area contributed by atoms with Crippen LogP contribution in [0, 0.1) is 29.6 Å². The maximum Gasteiger partial charge on any atom is 0.330 e. The van der Waals surface area contributed by atoms with E-state index >= 15 is 0 Å². The van der Waals surface area contributed by atoms with Crippen LogP contribution >= 0.6 is 0 Å². The second kappa shape index (κ2) is 8.44. The Morgan fingerprint density at radius 3 is 2.16 bits per heavy atom. The summed E-state index contributed by atoms with van der Waals surface area (Å²) >= 11 is 0. The molecular weight excluding hydrogens is 396 g/mol. The number of nitrogens with zero attached hydrogens (tertiary/aromatic N) is 1. The van der Waals surface area contributed by atoms with E-state index < -0.39 is 24.5 Å². The number of nitrogens with one attached hydrogen (secondary N) is 1. The van der Waals surface area contributed by atoms with E-state index in [1.165, 1.54) is 0 Å². The first-order valence-electron chi connectivity index (χ1n) is 11.2. The van der Waals surface area contributed by atoms with Crippen molar-refractivity contribution in [3.05, 3.63) is 29.8 Å². The summed E-state index contributed by atoms with van der Waals surface area (Å²) in [5, 5.41) is 2.69. The van der Waals surface area contributed by atoms with Crippen molar-refractivity contribution >= 4 is 29.4 Å². The predicted molar refractivity (Wildman–Crippen MR) is 114 cm³/mol. The van der Waals surface area contributed by atoms with Crippen LogP contribution in [0.3, 0.4) is 0 Å². The zero-order chi connectivity index (χ0) is 22.3. The maximum atomic E-state index is 13.1. The highest BCUT2D eigenvalue weighted by Gasteiger charge is 2.62. The molecule has 2 saturated carbocycles. The summed E-state index contributed by atoms with van der Waals surface area (Å²) in [6, 6.07) is 6.44.